The molecule has 3 heterocycles. The van der Waals surface area contributed by atoms with Crippen LogP contribution in [0.4, 0.5) is 18.9 Å². The van der Waals surface area contributed by atoms with E-state index in [-0.39, 0.29) is 24.2 Å². The van der Waals surface area contributed by atoms with Gasteiger partial charge in [0.05, 0.1) is 43.1 Å². The number of hydrogen-bond donors (Lipinski definition) is 1. The SMILES string of the molecule is COc1cc(-n2nc(C(=O)Nc3cccnc3)c3c2CC(C)OC3)ccc1OC(F)(F)F. The van der Waals surface area contributed by atoms with Gasteiger partial charge in [-0.25, -0.2) is 4.68 Å². The molecule has 4 rings (SSSR count). The van der Waals surface area contributed by atoms with Crippen molar-refractivity contribution in [3.8, 4) is 17.2 Å². The molecule has 168 valence electrons. The number of hydrogen-bond acceptors (Lipinski definition) is 6. The van der Waals surface area contributed by atoms with Gasteiger partial charge in [0.2, 0.25) is 0 Å². The molecule has 1 aliphatic rings. The van der Waals surface area contributed by atoms with Gasteiger partial charge < -0.3 is 19.5 Å². The Balaban J connectivity index is 1.74. The van der Waals surface area contributed by atoms with Gasteiger partial charge in [-0.2, -0.15) is 5.10 Å². The molecule has 1 aliphatic heterocycles. The fourth-order valence-electron chi connectivity index (χ4n) is 3.42. The third kappa shape index (κ3) is 4.52. The van der Waals surface area contributed by atoms with E-state index in [0.717, 1.165) is 11.8 Å². The molecule has 3 aromatic rings. The number of benzene rings is 1. The van der Waals surface area contributed by atoms with Crippen molar-refractivity contribution in [2.45, 2.75) is 32.4 Å². The van der Waals surface area contributed by atoms with E-state index >= 15 is 0 Å². The Labute approximate surface area is 180 Å². The lowest BCUT2D eigenvalue weighted by Crippen LogP contribution is -2.22. The number of nitrogens with zero attached hydrogens (tertiary/aromatic N) is 3. The summed E-state index contributed by atoms with van der Waals surface area (Å²) in [4.78, 5) is 16.9. The van der Waals surface area contributed by atoms with Crippen LogP contribution in [0.5, 0.6) is 11.5 Å². The summed E-state index contributed by atoms with van der Waals surface area (Å²) < 4.78 is 54.3. The summed E-state index contributed by atoms with van der Waals surface area (Å²) in [7, 11) is 1.24. The summed E-state index contributed by atoms with van der Waals surface area (Å²) in [5.41, 5.74) is 2.42. The number of aromatic nitrogens is 3. The number of anilines is 1. The Bertz CT molecular complexity index is 1130. The summed E-state index contributed by atoms with van der Waals surface area (Å²) in [5, 5.41) is 7.20. The number of methoxy groups -OCH3 is 1. The van der Waals surface area contributed by atoms with Crippen LogP contribution in [0.3, 0.4) is 0 Å². The predicted molar refractivity (Wildman–Crippen MR) is 107 cm³/mol. The molecule has 11 heteroatoms. The lowest BCUT2D eigenvalue weighted by molar-refractivity contribution is -0.275. The van der Waals surface area contributed by atoms with Gasteiger partial charge in [0.25, 0.3) is 5.91 Å². The molecular formula is C21H19F3N4O4. The lowest BCUT2D eigenvalue weighted by Gasteiger charge is -2.21. The van der Waals surface area contributed by atoms with Crippen molar-refractivity contribution in [1.82, 2.24) is 14.8 Å². The molecule has 0 aliphatic carbocycles. The highest BCUT2D eigenvalue weighted by Crippen LogP contribution is 2.35. The van der Waals surface area contributed by atoms with Crippen molar-refractivity contribution in [3.63, 3.8) is 0 Å². The maximum atomic E-state index is 12.9. The minimum atomic E-state index is -4.86. The van der Waals surface area contributed by atoms with Crippen LogP contribution < -0.4 is 14.8 Å². The van der Waals surface area contributed by atoms with Gasteiger partial charge in [-0.3, -0.25) is 9.78 Å². The fraction of sp³-hybridized carbons (Fsp3) is 0.286. The Kier molecular flexibility index (Phi) is 5.74. The molecule has 1 unspecified atom stereocenters. The van der Waals surface area contributed by atoms with Gasteiger partial charge in [-0.15, -0.1) is 13.2 Å². The first-order valence-corrected chi connectivity index (χ1v) is 9.63. The zero-order chi connectivity index (χ0) is 22.9. The van der Waals surface area contributed by atoms with Crippen molar-refractivity contribution in [1.29, 1.82) is 0 Å². The second kappa shape index (κ2) is 8.50. The normalized spacial score (nSPS) is 15.7. The average Bonchev–Trinajstić information content (AvgIpc) is 3.12. The van der Waals surface area contributed by atoms with E-state index in [2.05, 4.69) is 20.1 Å². The third-order valence-electron chi connectivity index (χ3n) is 4.83. The van der Waals surface area contributed by atoms with Crippen LogP contribution in [0.2, 0.25) is 0 Å². The fourth-order valence-corrected chi connectivity index (χ4v) is 3.42. The van der Waals surface area contributed by atoms with E-state index in [4.69, 9.17) is 9.47 Å². The largest absolute Gasteiger partial charge is 0.573 e. The number of amides is 1. The number of fused-ring (bicyclic) bond motifs is 1. The Hall–Kier alpha value is -3.60. The van der Waals surface area contributed by atoms with Crippen molar-refractivity contribution in [2.24, 2.45) is 0 Å². The molecule has 8 nitrogen and oxygen atoms in total. The Morgan fingerprint density at radius 2 is 2.09 bits per heavy atom. The molecule has 0 spiro atoms. The number of halogens is 3. The molecule has 0 fully saturated rings. The molecular weight excluding hydrogens is 429 g/mol. The third-order valence-corrected chi connectivity index (χ3v) is 4.83. The van der Waals surface area contributed by atoms with Crippen LogP contribution in [0.15, 0.2) is 42.7 Å². The van der Waals surface area contributed by atoms with E-state index in [0.29, 0.717) is 23.4 Å². The number of pyridine rings is 1. The van der Waals surface area contributed by atoms with Gasteiger partial charge in [-0.1, -0.05) is 0 Å². The maximum absolute atomic E-state index is 12.9. The van der Waals surface area contributed by atoms with Crippen LogP contribution in [0.1, 0.15) is 28.7 Å². The van der Waals surface area contributed by atoms with Crippen molar-refractivity contribution < 1.29 is 32.2 Å². The highest BCUT2D eigenvalue weighted by atomic mass is 19.4. The highest BCUT2D eigenvalue weighted by Gasteiger charge is 2.33. The first kappa shape index (κ1) is 21.6. The Morgan fingerprint density at radius 1 is 1.28 bits per heavy atom. The van der Waals surface area contributed by atoms with Crippen LogP contribution in [0, 0.1) is 0 Å². The van der Waals surface area contributed by atoms with Crippen LogP contribution in [0.25, 0.3) is 5.69 Å². The van der Waals surface area contributed by atoms with E-state index in [1.807, 2.05) is 6.92 Å². The number of carbonyl (C=O) groups excluding carboxylic acids is 1. The molecule has 1 amide bonds. The molecule has 1 N–H and O–H groups in total. The van der Waals surface area contributed by atoms with Crippen LogP contribution in [-0.4, -0.2) is 40.2 Å². The van der Waals surface area contributed by atoms with Crippen molar-refractivity contribution >= 4 is 11.6 Å². The summed E-state index contributed by atoms with van der Waals surface area (Å²) in [6.07, 6.45) is -1.43. The average molecular weight is 448 g/mol. The highest BCUT2D eigenvalue weighted by molar-refractivity contribution is 6.04. The van der Waals surface area contributed by atoms with Crippen molar-refractivity contribution in [3.05, 3.63) is 59.7 Å². The van der Waals surface area contributed by atoms with Gasteiger partial charge in [0.15, 0.2) is 17.2 Å². The Morgan fingerprint density at radius 3 is 2.78 bits per heavy atom. The van der Waals surface area contributed by atoms with E-state index in [1.165, 1.54) is 30.1 Å². The molecule has 0 bridgehead atoms. The number of carbonyl (C=O) groups is 1. The monoisotopic (exact) mass is 448 g/mol. The summed E-state index contributed by atoms with van der Waals surface area (Å²) in [5.74, 6) is -1.04. The standard InChI is InChI=1S/C21H19F3N4O4/c1-12-8-16-15(11-31-12)19(20(29)26-13-4-3-7-25-10-13)27-28(16)14-5-6-17(18(9-14)30-2)32-21(22,23)24/h3-7,9-10,12H,8,11H2,1-2H3,(H,26,29). The molecule has 1 aromatic carbocycles. The zero-order valence-corrected chi connectivity index (χ0v) is 17.1. The predicted octanol–water partition coefficient (Wildman–Crippen LogP) is 3.89. The van der Waals surface area contributed by atoms with Crippen LogP contribution in [-0.2, 0) is 17.8 Å². The van der Waals surface area contributed by atoms with Gasteiger partial charge in [0, 0.05) is 24.2 Å². The topological polar surface area (TPSA) is 87.5 Å². The molecule has 2 aromatic heterocycles. The van der Waals surface area contributed by atoms with Crippen molar-refractivity contribution in [2.75, 3.05) is 12.4 Å². The van der Waals surface area contributed by atoms with Gasteiger partial charge in [0.1, 0.15) is 0 Å². The number of nitrogens with one attached hydrogen (secondary N) is 1. The maximum Gasteiger partial charge on any atom is 0.573 e. The smallest absolute Gasteiger partial charge is 0.493 e. The summed E-state index contributed by atoms with van der Waals surface area (Å²) >= 11 is 0. The first-order chi connectivity index (χ1) is 15.2. The molecule has 0 radical (unpaired) electrons. The van der Waals surface area contributed by atoms with E-state index in [1.54, 1.807) is 18.3 Å². The van der Waals surface area contributed by atoms with Gasteiger partial charge in [-0.05, 0) is 31.2 Å². The van der Waals surface area contributed by atoms with Gasteiger partial charge >= 0.3 is 6.36 Å². The molecule has 0 saturated carbocycles. The second-order valence-corrected chi connectivity index (χ2v) is 7.09. The number of ether oxygens (including phenoxy) is 3. The molecule has 0 saturated heterocycles. The number of alkyl halides is 3. The minimum absolute atomic E-state index is 0.120. The van der Waals surface area contributed by atoms with Crippen LogP contribution >= 0.6 is 0 Å². The molecule has 32 heavy (non-hydrogen) atoms. The number of rotatable bonds is 5. The van der Waals surface area contributed by atoms with E-state index < -0.39 is 18.0 Å². The zero-order valence-electron chi connectivity index (χ0n) is 17.1. The van der Waals surface area contributed by atoms with E-state index in [9.17, 15) is 18.0 Å². The summed E-state index contributed by atoms with van der Waals surface area (Å²) in [6.45, 7) is 2.06. The lowest BCUT2D eigenvalue weighted by atomic mass is 10.0. The summed E-state index contributed by atoms with van der Waals surface area (Å²) in [6, 6.07) is 7.31. The second-order valence-electron chi connectivity index (χ2n) is 7.09. The minimum Gasteiger partial charge on any atom is -0.493 e. The first-order valence-electron chi connectivity index (χ1n) is 9.63. The molecule has 1 atom stereocenters. The quantitative estimate of drug-likeness (QED) is 0.637.